The van der Waals surface area contributed by atoms with Crippen LogP contribution < -0.4 is 5.56 Å². The first-order chi connectivity index (χ1) is 18.7. The molecule has 2 heterocycles. The van der Waals surface area contributed by atoms with Gasteiger partial charge in [0.25, 0.3) is 5.56 Å². The van der Waals surface area contributed by atoms with Crippen LogP contribution in [0.4, 0.5) is 8.78 Å². The van der Waals surface area contributed by atoms with Crippen molar-refractivity contribution in [2.45, 2.75) is 56.4 Å². The van der Waals surface area contributed by atoms with Gasteiger partial charge >= 0.3 is 0 Å². The third kappa shape index (κ3) is 5.72. The molecule has 2 saturated carbocycles. The normalized spacial score (nSPS) is 20.6. The number of hydrogen-bond acceptors (Lipinski definition) is 5. The van der Waals surface area contributed by atoms with Gasteiger partial charge in [-0.05, 0) is 68.7 Å². The fourth-order valence-electron chi connectivity index (χ4n) is 4.64. The molecule has 39 heavy (non-hydrogen) atoms. The van der Waals surface area contributed by atoms with Gasteiger partial charge in [0.15, 0.2) is 5.83 Å². The van der Waals surface area contributed by atoms with Crippen LogP contribution in [0, 0.1) is 18.7 Å². The monoisotopic (exact) mass is 571 g/mol. The SMILES string of the molecule is C/C=C/N=C(/C(F)=C/n1c(C)cc(C2CC2c2cnn(CC3CC3)n2)c(Cl)c1=O)c1cccc(S(C)=O)c1F. The summed E-state index contributed by atoms with van der Waals surface area (Å²) in [5, 5.41) is 8.98. The summed E-state index contributed by atoms with van der Waals surface area (Å²) < 4.78 is 43.8. The van der Waals surface area contributed by atoms with E-state index in [4.69, 9.17) is 11.6 Å². The van der Waals surface area contributed by atoms with Crippen molar-refractivity contribution >= 4 is 34.3 Å². The predicted molar refractivity (Wildman–Crippen MR) is 149 cm³/mol. The van der Waals surface area contributed by atoms with Crippen LogP contribution in [0.15, 0.2) is 63.2 Å². The number of hydrogen-bond donors (Lipinski definition) is 0. The van der Waals surface area contributed by atoms with Crippen LogP contribution in [0.2, 0.25) is 5.02 Å². The molecule has 0 bridgehead atoms. The van der Waals surface area contributed by atoms with E-state index in [0.29, 0.717) is 17.2 Å². The Morgan fingerprint density at radius 2 is 2.08 bits per heavy atom. The standard InChI is InChI=1S/C28H28ClF2N5O2S/c1-4-10-32-27(18-6-5-7-24(26(18)31)39(3)38)22(30)15-35-16(2)11-21(25(29)28(35)37)19-12-20(19)23-13-33-36(34-23)14-17-8-9-17/h4-7,10-11,13,15,17,19-20H,8-9,12,14H2,1-3H3/b10-4+,22-15-,32-27+. The minimum Gasteiger partial charge on any atom is -0.284 e. The predicted octanol–water partition coefficient (Wildman–Crippen LogP) is 5.75. The van der Waals surface area contributed by atoms with E-state index in [1.54, 1.807) is 37.0 Å². The second-order valence-electron chi connectivity index (χ2n) is 9.96. The average Bonchev–Trinajstić information content (AvgIpc) is 3.83. The van der Waals surface area contributed by atoms with Crippen LogP contribution in [-0.4, -0.2) is 35.7 Å². The van der Waals surface area contributed by atoms with Crippen molar-refractivity contribution in [3.05, 3.63) is 92.3 Å². The topological polar surface area (TPSA) is 82.1 Å². The number of allylic oxidation sites excluding steroid dienone is 2. The molecule has 0 saturated heterocycles. The van der Waals surface area contributed by atoms with Crippen LogP contribution in [-0.2, 0) is 17.3 Å². The Balaban J connectivity index is 1.45. The largest absolute Gasteiger partial charge is 0.284 e. The molecule has 5 rings (SSSR count). The molecule has 11 heteroatoms. The van der Waals surface area contributed by atoms with Gasteiger partial charge in [-0.2, -0.15) is 15.0 Å². The molecule has 2 aromatic heterocycles. The maximum atomic E-state index is 15.7. The smallest absolute Gasteiger partial charge is 0.273 e. The Labute approximate surface area is 232 Å². The molecule has 3 atom stereocenters. The van der Waals surface area contributed by atoms with Gasteiger partial charge in [0.1, 0.15) is 16.6 Å². The second-order valence-corrected chi connectivity index (χ2v) is 11.7. The van der Waals surface area contributed by atoms with E-state index in [-0.39, 0.29) is 33.0 Å². The Morgan fingerprint density at radius 1 is 1.31 bits per heavy atom. The Morgan fingerprint density at radius 3 is 2.77 bits per heavy atom. The molecule has 204 valence electrons. The number of rotatable bonds is 9. The maximum Gasteiger partial charge on any atom is 0.273 e. The van der Waals surface area contributed by atoms with Gasteiger partial charge in [-0.25, -0.2) is 8.78 Å². The van der Waals surface area contributed by atoms with Crippen molar-refractivity contribution in [3.8, 4) is 0 Å². The van der Waals surface area contributed by atoms with Crippen molar-refractivity contribution in [2.24, 2.45) is 10.9 Å². The lowest BCUT2D eigenvalue weighted by molar-refractivity contribution is 0.494. The van der Waals surface area contributed by atoms with Crippen molar-refractivity contribution < 1.29 is 13.0 Å². The van der Waals surface area contributed by atoms with Crippen LogP contribution in [0.25, 0.3) is 6.20 Å². The van der Waals surface area contributed by atoms with Gasteiger partial charge in [-0.15, -0.1) is 0 Å². The molecular weight excluding hydrogens is 544 g/mol. The molecule has 0 amide bonds. The maximum absolute atomic E-state index is 15.7. The molecule has 0 N–H and O–H groups in total. The molecule has 2 fully saturated rings. The highest BCUT2D eigenvalue weighted by molar-refractivity contribution is 7.84. The molecule has 3 unspecified atom stereocenters. The zero-order chi connectivity index (χ0) is 27.8. The van der Waals surface area contributed by atoms with Gasteiger partial charge in [0.05, 0.1) is 40.3 Å². The minimum atomic E-state index is -1.62. The van der Waals surface area contributed by atoms with Gasteiger partial charge in [-0.1, -0.05) is 23.7 Å². The van der Waals surface area contributed by atoms with Gasteiger partial charge in [0.2, 0.25) is 0 Å². The first-order valence-electron chi connectivity index (χ1n) is 12.7. The van der Waals surface area contributed by atoms with Crippen molar-refractivity contribution in [1.82, 2.24) is 19.6 Å². The van der Waals surface area contributed by atoms with Gasteiger partial charge in [0, 0.05) is 29.6 Å². The zero-order valence-electron chi connectivity index (χ0n) is 21.8. The number of aliphatic imine (C=N–C) groups is 1. The molecule has 0 radical (unpaired) electrons. The third-order valence-corrected chi connectivity index (χ3v) is 8.31. The van der Waals surface area contributed by atoms with Gasteiger partial charge in [-0.3, -0.25) is 18.6 Å². The third-order valence-electron chi connectivity index (χ3n) is 7.00. The van der Waals surface area contributed by atoms with E-state index < -0.39 is 28.0 Å². The molecule has 0 spiro atoms. The van der Waals surface area contributed by atoms with Crippen molar-refractivity contribution in [2.75, 3.05) is 6.26 Å². The summed E-state index contributed by atoms with van der Waals surface area (Å²) in [4.78, 5) is 19.0. The Bertz CT molecular complexity index is 1610. The number of nitrogens with zero attached hydrogens (tertiary/aromatic N) is 5. The van der Waals surface area contributed by atoms with Crippen molar-refractivity contribution in [1.29, 1.82) is 0 Å². The Kier molecular flexibility index (Phi) is 7.77. The van der Waals surface area contributed by atoms with Gasteiger partial charge < -0.3 is 0 Å². The molecule has 1 aromatic carbocycles. The summed E-state index contributed by atoms with van der Waals surface area (Å²) in [6, 6.07) is 5.97. The van der Waals surface area contributed by atoms with E-state index in [1.165, 1.54) is 43.5 Å². The lowest BCUT2D eigenvalue weighted by Gasteiger charge is -2.12. The fraction of sp³-hybridized carbons (Fsp3) is 0.357. The lowest BCUT2D eigenvalue weighted by atomic mass is 10.1. The first kappa shape index (κ1) is 27.3. The molecular formula is C28H28ClF2N5O2S. The van der Waals surface area contributed by atoms with Crippen LogP contribution >= 0.6 is 11.6 Å². The number of aryl methyl sites for hydroxylation is 1. The molecule has 7 nitrogen and oxygen atoms in total. The highest BCUT2D eigenvalue weighted by Crippen LogP contribution is 2.55. The van der Waals surface area contributed by atoms with E-state index in [9.17, 15) is 9.00 Å². The summed E-state index contributed by atoms with van der Waals surface area (Å²) in [5.41, 5.74) is 0.954. The fourth-order valence-corrected chi connectivity index (χ4v) is 5.56. The number of pyridine rings is 1. The molecule has 2 aliphatic carbocycles. The summed E-state index contributed by atoms with van der Waals surface area (Å²) in [6.45, 7) is 4.19. The molecule has 0 aliphatic heterocycles. The number of halogens is 3. The van der Waals surface area contributed by atoms with Crippen LogP contribution in [0.3, 0.4) is 0 Å². The quantitative estimate of drug-likeness (QED) is 0.306. The Hall–Kier alpha value is -3.24. The summed E-state index contributed by atoms with van der Waals surface area (Å²) in [7, 11) is -1.62. The summed E-state index contributed by atoms with van der Waals surface area (Å²) in [6.07, 6.45) is 10.2. The van der Waals surface area contributed by atoms with E-state index in [0.717, 1.165) is 29.4 Å². The highest BCUT2D eigenvalue weighted by atomic mass is 35.5. The molecule has 2 aliphatic rings. The minimum absolute atomic E-state index is 0.00372. The van der Waals surface area contributed by atoms with E-state index in [1.807, 2.05) is 0 Å². The summed E-state index contributed by atoms with van der Waals surface area (Å²) in [5.74, 6) is -0.973. The average molecular weight is 572 g/mol. The highest BCUT2D eigenvalue weighted by Gasteiger charge is 2.43. The second kappa shape index (κ2) is 11.1. The van der Waals surface area contributed by atoms with Crippen LogP contribution in [0.1, 0.15) is 60.5 Å². The van der Waals surface area contributed by atoms with Crippen molar-refractivity contribution in [3.63, 3.8) is 0 Å². The zero-order valence-corrected chi connectivity index (χ0v) is 23.3. The first-order valence-corrected chi connectivity index (χ1v) is 14.6. The summed E-state index contributed by atoms with van der Waals surface area (Å²) >= 11 is 6.52. The number of aromatic nitrogens is 4. The van der Waals surface area contributed by atoms with E-state index >= 15 is 8.78 Å². The lowest BCUT2D eigenvalue weighted by Crippen LogP contribution is -2.21. The molecule has 3 aromatic rings. The van der Waals surface area contributed by atoms with E-state index in [2.05, 4.69) is 15.2 Å². The number of benzene rings is 1. The van der Waals surface area contributed by atoms with Crippen LogP contribution in [0.5, 0.6) is 0 Å².